The lowest BCUT2D eigenvalue weighted by molar-refractivity contribution is -0.129. The first kappa shape index (κ1) is 16.5. The molecule has 1 saturated heterocycles. The van der Waals surface area contributed by atoms with Gasteiger partial charge in [0, 0.05) is 25.2 Å². The molecule has 1 aliphatic heterocycles. The molecule has 0 aliphatic carbocycles. The minimum atomic E-state index is -0.523. The number of thioether (sulfide) groups is 1. The SMILES string of the molecule is CCN=C1S[C@@H](C(=O)Nc2ccc(F)cc2)CC(=O)N1CC. The number of amidine groups is 1. The maximum Gasteiger partial charge on any atom is 0.238 e. The van der Waals surface area contributed by atoms with Gasteiger partial charge < -0.3 is 5.32 Å². The van der Waals surface area contributed by atoms with Crippen molar-refractivity contribution < 1.29 is 14.0 Å². The Balaban J connectivity index is 2.08. The van der Waals surface area contributed by atoms with E-state index in [1.807, 2.05) is 13.8 Å². The third-order valence-electron chi connectivity index (χ3n) is 3.15. The lowest BCUT2D eigenvalue weighted by atomic mass is 10.2. The van der Waals surface area contributed by atoms with Crippen LogP contribution < -0.4 is 5.32 Å². The number of aliphatic imine (C=N–C) groups is 1. The molecule has 1 fully saturated rings. The van der Waals surface area contributed by atoms with Crippen LogP contribution in [0.3, 0.4) is 0 Å². The predicted molar refractivity (Wildman–Crippen MR) is 86.4 cm³/mol. The second-order valence-corrected chi connectivity index (χ2v) is 5.87. The summed E-state index contributed by atoms with van der Waals surface area (Å²) < 4.78 is 12.9. The zero-order valence-electron chi connectivity index (χ0n) is 12.5. The molecule has 1 aromatic carbocycles. The number of nitrogens with zero attached hydrogens (tertiary/aromatic N) is 2. The predicted octanol–water partition coefficient (Wildman–Crippen LogP) is 2.49. The van der Waals surface area contributed by atoms with Gasteiger partial charge in [0.2, 0.25) is 11.8 Å². The highest BCUT2D eigenvalue weighted by atomic mass is 32.2. The highest BCUT2D eigenvalue weighted by Gasteiger charge is 2.34. The van der Waals surface area contributed by atoms with E-state index in [0.29, 0.717) is 23.9 Å². The minimum Gasteiger partial charge on any atom is -0.325 e. The maximum atomic E-state index is 12.9. The summed E-state index contributed by atoms with van der Waals surface area (Å²) in [5.74, 6) is -0.742. The van der Waals surface area contributed by atoms with E-state index in [0.717, 1.165) is 0 Å². The van der Waals surface area contributed by atoms with Crippen LogP contribution in [0.15, 0.2) is 29.3 Å². The van der Waals surface area contributed by atoms with Crippen molar-refractivity contribution in [3.8, 4) is 0 Å². The van der Waals surface area contributed by atoms with Gasteiger partial charge in [-0.25, -0.2) is 4.39 Å². The van der Waals surface area contributed by atoms with E-state index >= 15 is 0 Å². The van der Waals surface area contributed by atoms with Gasteiger partial charge in [-0.05, 0) is 38.1 Å². The lowest BCUT2D eigenvalue weighted by Crippen LogP contribution is -2.45. The van der Waals surface area contributed by atoms with E-state index in [9.17, 15) is 14.0 Å². The second-order valence-electron chi connectivity index (χ2n) is 4.70. The number of carbonyl (C=O) groups is 2. The molecule has 1 atom stereocenters. The smallest absolute Gasteiger partial charge is 0.238 e. The highest BCUT2D eigenvalue weighted by Crippen LogP contribution is 2.27. The van der Waals surface area contributed by atoms with Crippen molar-refractivity contribution in [2.75, 3.05) is 18.4 Å². The Morgan fingerprint density at radius 3 is 2.68 bits per heavy atom. The molecule has 0 saturated carbocycles. The Morgan fingerprint density at radius 2 is 2.09 bits per heavy atom. The Hall–Kier alpha value is -1.89. The topological polar surface area (TPSA) is 61.8 Å². The molecule has 1 heterocycles. The van der Waals surface area contributed by atoms with Crippen LogP contribution >= 0.6 is 11.8 Å². The monoisotopic (exact) mass is 323 g/mol. The van der Waals surface area contributed by atoms with Gasteiger partial charge in [0.25, 0.3) is 0 Å². The summed E-state index contributed by atoms with van der Waals surface area (Å²) in [6.45, 7) is 4.85. The molecule has 0 radical (unpaired) electrons. The van der Waals surface area contributed by atoms with Crippen LogP contribution in [0.4, 0.5) is 10.1 Å². The molecule has 1 N–H and O–H groups in total. The molecule has 7 heteroatoms. The van der Waals surface area contributed by atoms with Gasteiger partial charge in [-0.3, -0.25) is 19.5 Å². The van der Waals surface area contributed by atoms with Gasteiger partial charge in [-0.2, -0.15) is 0 Å². The molecule has 1 aromatic rings. The fraction of sp³-hybridized carbons (Fsp3) is 0.400. The number of benzene rings is 1. The van der Waals surface area contributed by atoms with Gasteiger partial charge >= 0.3 is 0 Å². The van der Waals surface area contributed by atoms with Crippen molar-refractivity contribution in [1.29, 1.82) is 0 Å². The van der Waals surface area contributed by atoms with Crippen LogP contribution in [0.5, 0.6) is 0 Å². The number of nitrogens with one attached hydrogen (secondary N) is 1. The van der Waals surface area contributed by atoms with Crippen LogP contribution in [0, 0.1) is 5.82 Å². The molecule has 118 valence electrons. The number of anilines is 1. The molecule has 2 rings (SSSR count). The summed E-state index contributed by atoms with van der Waals surface area (Å²) >= 11 is 1.29. The van der Waals surface area contributed by atoms with E-state index in [1.165, 1.54) is 36.0 Å². The van der Waals surface area contributed by atoms with E-state index in [4.69, 9.17) is 0 Å². The molecule has 0 aromatic heterocycles. The molecule has 5 nitrogen and oxygen atoms in total. The highest BCUT2D eigenvalue weighted by molar-refractivity contribution is 8.15. The van der Waals surface area contributed by atoms with Gasteiger partial charge in [0.05, 0.1) is 0 Å². The van der Waals surface area contributed by atoms with Crippen molar-refractivity contribution in [3.63, 3.8) is 0 Å². The standard InChI is InChI=1S/C15H18FN3O2S/c1-3-17-15-19(4-2)13(20)9-12(22-15)14(21)18-11-7-5-10(16)6-8-11/h5-8,12H,3-4,9H2,1-2H3,(H,18,21)/t12-/m1/s1. The minimum absolute atomic E-state index is 0.104. The average Bonchev–Trinajstić information content (AvgIpc) is 2.49. The Bertz CT molecular complexity index is 589. The number of hydrogen-bond donors (Lipinski definition) is 1. The fourth-order valence-electron chi connectivity index (χ4n) is 2.08. The van der Waals surface area contributed by atoms with E-state index in [2.05, 4.69) is 10.3 Å². The number of amides is 2. The lowest BCUT2D eigenvalue weighted by Gasteiger charge is -2.30. The fourth-order valence-corrected chi connectivity index (χ4v) is 3.29. The van der Waals surface area contributed by atoms with E-state index < -0.39 is 5.25 Å². The summed E-state index contributed by atoms with van der Waals surface area (Å²) in [5, 5.41) is 2.76. The largest absolute Gasteiger partial charge is 0.325 e. The summed E-state index contributed by atoms with van der Waals surface area (Å²) in [6.07, 6.45) is 0.133. The van der Waals surface area contributed by atoms with E-state index in [1.54, 1.807) is 4.90 Å². The quantitative estimate of drug-likeness (QED) is 0.926. The van der Waals surface area contributed by atoms with Crippen molar-refractivity contribution >= 4 is 34.4 Å². The Morgan fingerprint density at radius 1 is 1.41 bits per heavy atom. The number of rotatable bonds is 4. The van der Waals surface area contributed by atoms with Crippen molar-refractivity contribution in [2.45, 2.75) is 25.5 Å². The Labute approximate surface area is 133 Å². The van der Waals surface area contributed by atoms with Crippen molar-refractivity contribution in [2.24, 2.45) is 4.99 Å². The summed E-state index contributed by atoms with van der Waals surface area (Å²) in [4.78, 5) is 30.3. The number of carbonyl (C=O) groups excluding carboxylic acids is 2. The normalized spacial score (nSPS) is 20.3. The summed E-state index contributed by atoms with van der Waals surface area (Å²) in [5.41, 5.74) is 0.506. The van der Waals surface area contributed by atoms with Gasteiger partial charge in [-0.15, -0.1) is 0 Å². The first-order valence-corrected chi connectivity index (χ1v) is 8.01. The van der Waals surface area contributed by atoms with Crippen LogP contribution in [0.25, 0.3) is 0 Å². The van der Waals surface area contributed by atoms with Crippen molar-refractivity contribution in [3.05, 3.63) is 30.1 Å². The molecular weight excluding hydrogens is 305 g/mol. The van der Waals surface area contributed by atoms with Gasteiger partial charge in [0.15, 0.2) is 5.17 Å². The third-order valence-corrected chi connectivity index (χ3v) is 4.38. The van der Waals surface area contributed by atoms with Gasteiger partial charge in [-0.1, -0.05) is 11.8 Å². The molecule has 0 unspecified atom stereocenters. The average molecular weight is 323 g/mol. The molecule has 0 bridgehead atoms. The maximum absolute atomic E-state index is 12.9. The van der Waals surface area contributed by atoms with E-state index in [-0.39, 0.29) is 24.1 Å². The molecule has 2 amide bonds. The third kappa shape index (κ3) is 3.85. The number of halogens is 1. The second kappa shape index (κ2) is 7.40. The molecule has 1 aliphatic rings. The summed E-state index contributed by atoms with van der Waals surface area (Å²) in [7, 11) is 0. The van der Waals surface area contributed by atoms with Crippen LogP contribution in [-0.2, 0) is 9.59 Å². The van der Waals surface area contributed by atoms with Crippen LogP contribution in [-0.4, -0.2) is 40.2 Å². The van der Waals surface area contributed by atoms with Crippen LogP contribution in [0.2, 0.25) is 0 Å². The van der Waals surface area contributed by atoms with Crippen LogP contribution in [0.1, 0.15) is 20.3 Å². The molecule has 0 spiro atoms. The molecule has 22 heavy (non-hydrogen) atoms. The molecular formula is C15H18FN3O2S. The van der Waals surface area contributed by atoms with Gasteiger partial charge in [0.1, 0.15) is 11.1 Å². The zero-order valence-corrected chi connectivity index (χ0v) is 13.3. The first-order valence-electron chi connectivity index (χ1n) is 7.13. The Kier molecular flexibility index (Phi) is 5.54. The number of hydrogen-bond acceptors (Lipinski definition) is 4. The first-order chi connectivity index (χ1) is 10.5. The zero-order chi connectivity index (χ0) is 16.1. The summed E-state index contributed by atoms with van der Waals surface area (Å²) in [6, 6.07) is 5.53. The van der Waals surface area contributed by atoms with Crippen molar-refractivity contribution in [1.82, 2.24) is 4.90 Å².